The molecule has 0 aliphatic heterocycles. The van der Waals surface area contributed by atoms with Gasteiger partial charge >= 0.3 is 0 Å². The second kappa shape index (κ2) is 6.79. The number of hydrogen-bond acceptors (Lipinski definition) is 3. The van der Waals surface area contributed by atoms with Crippen LogP contribution in [0.4, 0.5) is 0 Å². The quantitative estimate of drug-likeness (QED) is 0.265. The molecule has 0 radical (unpaired) electrons. The first-order chi connectivity index (χ1) is 6.83. The highest BCUT2D eigenvalue weighted by Crippen LogP contribution is 2.13. The average molecular weight is 226 g/mol. The van der Waals surface area contributed by atoms with Crippen molar-refractivity contribution in [2.75, 3.05) is 12.9 Å². The number of rotatable bonds is 5. The van der Waals surface area contributed by atoms with Crippen LogP contribution in [-0.4, -0.2) is 19.3 Å². The Bertz CT molecular complexity index is 283. The lowest BCUT2D eigenvalue weighted by atomic mass is 10.2. The van der Waals surface area contributed by atoms with Gasteiger partial charge in [0.15, 0.2) is 0 Å². The summed E-state index contributed by atoms with van der Waals surface area (Å²) in [5.41, 5.74) is 1.32. The third-order valence-electron chi connectivity index (χ3n) is 1.61. The van der Waals surface area contributed by atoms with Gasteiger partial charge in [0.05, 0.1) is 12.2 Å². The molecule has 76 valence electrons. The lowest BCUT2D eigenvalue weighted by Gasteiger charge is -2.01. The Morgan fingerprint density at radius 2 is 2.14 bits per heavy atom. The van der Waals surface area contributed by atoms with Crippen LogP contribution in [0.5, 0.6) is 0 Å². The van der Waals surface area contributed by atoms with E-state index in [1.165, 1.54) is 5.56 Å². The number of thiol groups is 1. The second-order valence-electron chi connectivity index (χ2n) is 2.75. The van der Waals surface area contributed by atoms with Gasteiger partial charge in [0.25, 0.3) is 0 Å². The van der Waals surface area contributed by atoms with E-state index in [9.17, 15) is 0 Å². The van der Waals surface area contributed by atoms with Gasteiger partial charge in [0.1, 0.15) is 0 Å². The number of benzene rings is 1. The number of thioether (sulfide) groups is 1. The lowest BCUT2D eigenvalue weighted by Crippen LogP contribution is -2.09. The number of nitrogens with zero attached hydrogens (tertiary/aromatic N) is 1. The molecule has 0 saturated heterocycles. The van der Waals surface area contributed by atoms with Gasteiger partial charge in [-0.2, -0.15) is 0 Å². The molecular weight excluding hydrogens is 212 g/mol. The van der Waals surface area contributed by atoms with E-state index in [2.05, 4.69) is 35.1 Å². The third-order valence-corrected chi connectivity index (χ3v) is 2.82. The molecule has 1 N–H and O–H groups in total. The van der Waals surface area contributed by atoms with Gasteiger partial charge in [-0.05, 0) is 17.7 Å². The van der Waals surface area contributed by atoms with Gasteiger partial charge in [0, 0.05) is 17.7 Å². The molecule has 0 heterocycles. The minimum Gasteiger partial charge on any atom is -0.367 e. The van der Waals surface area contributed by atoms with Gasteiger partial charge < -0.3 is 5.32 Å². The third kappa shape index (κ3) is 4.58. The van der Waals surface area contributed by atoms with Crippen molar-refractivity contribution in [3.63, 3.8) is 0 Å². The van der Waals surface area contributed by atoms with Crippen LogP contribution in [0.15, 0.2) is 34.2 Å². The molecule has 2 nitrogen and oxygen atoms in total. The van der Waals surface area contributed by atoms with Crippen LogP contribution in [0.25, 0.3) is 0 Å². The molecule has 4 heteroatoms. The summed E-state index contributed by atoms with van der Waals surface area (Å²) in [5, 5.41) is 3.07. The van der Waals surface area contributed by atoms with Crippen LogP contribution in [0, 0.1) is 0 Å². The summed E-state index contributed by atoms with van der Waals surface area (Å²) >= 11 is 6.06. The van der Waals surface area contributed by atoms with Crippen LogP contribution in [-0.2, 0) is 5.75 Å². The monoisotopic (exact) mass is 226 g/mol. The Morgan fingerprint density at radius 3 is 2.79 bits per heavy atom. The molecule has 0 saturated carbocycles. The zero-order valence-corrected chi connectivity index (χ0v) is 9.81. The van der Waals surface area contributed by atoms with Crippen molar-refractivity contribution in [3.05, 3.63) is 29.8 Å². The summed E-state index contributed by atoms with van der Waals surface area (Å²) < 4.78 is 0. The molecule has 14 heavy (non-hydrogen) atoms. The lowest BCUT2D eigenvalue weighted by molar-refractivity contribution is 1.14. The predicted molar refractivity (Wildman–Crippen MR) is 67.4 cm³/mol. The van der Waals surface area contributed by atoms with Crippen molar-refractivity contribution in [1.29, 1.82) is 0 Å². The van der Waals surface area contributed by atoms with Gasteiger partial charge in [-0.3, -0.25) is 4.99 Å². The van der Waals surface area contributed by atoms with Crippen molar-refractivity contribution in [2.45, 2.75) is 10.6 Å². The molecule has 0 aliphatic carbocycles. The van der Waals surface area contributed by atoms with E-state index in [0.717, 1.165) is 16.5 Å². The first-order valence-electron chi connectivity index (χ1n) is 4.32. The fourth-order valence-corrected chi connectivity index (χ4v) is 1.82. The van der Waals surface area contributed by atoms with Crippen LogP contribution in [0.3, 0.4) is 0 Å². The van der Waals surface area contributed by atoms with Crippen LogP contribution < -0.4 is 5.32 Å². The summed E-state index contributed by atoms with van der Waals surface area (Å²) in [7, 11) is 1.75. The van der Waals surface area contributed by atoms with Crippen molar-refractivity contribution < 1.29 is 0 Å². The number of aliphatic imine (C=N–C) groups is 1. The Hall–Kier alpha value is -0.610. The normalized spacial score (nSPS) is 10.7. The molecule has 0 aliphatic rings. The molecule has 0 amide bonds. The molecule has 1 aromatic rings. The molecule has 0 spiro atoms. The highest BCUT2D eigenvalue weighted by atomic mass is 32.2. The number of nitrogens with one attached hydrogen (secondary N) is 1. The van der Waals surface area contributed by atoms with E-state index >= 15 is 0 Å². The second-order valence-corrected chi connectivity index (χ2v) is 4.25. The maximum absolute atomic E-state index is 4.23. The summed E-state index contributed by atoms with van der Waals surface area (Å²) in [4.78, 5) is 4.84. The van der Waals surface area contributed by atoms with Gasteiger partial charge in [-0.1, -0.05) is 12.1 Å². The Morgan fingerprint density at radius 1 is 1.43 bits per heavy atom. The standard InChI is InChI=1S/C10H14N2S2/c1-11-7-12-8-14-6-9-2-4-10(13)5-3-9/h2-5,7,13H,6,8H2,1H3,(H,11,12). The molecule has 1 aromatic carbocycles. The van der Waals surface area contributed by atoms with Gasteiger partial charge in [-0.25, -0.2) is 0 Å². The Balaban J connectivity index is 2.21. The van der Waals surface area contributed by atoms with Crippen molar-refractivity contribution >= 4 is 30.7 Å². The van der Waals surface area contributed by atoms with E-state index in [4.69, 9.17) is 0 Å². The summed E-state index contributed by atoms with van der Waals surface area (Å²) in [6.45, 7) is 0. The van der Waals surface area contributed by atoms with Gasteiger partial charge in [-0.15, -0.1) is 24.4 Å². The highest BCUT2D eigenvalue weighted by Gasteiger charge is 1.92. The van der Waals surface area contributed by atoms with E-state index < -0.39 is 0 Å². The molecule has 0 bridgehead atoms. The molecule has 0 atom stereocenters. The van der Waals surface area contributed by atoms with E-state index in [0.29, 0.717) is 0 Å². The fourth-order valence-electron chi connectivity index (χ4n) is 0.949. The van der Waals surface area contributed by atoms with E-state index in [1.54, 1.807) is 13.4 Å². The zero-order valence-electron chi connectivity index (χ0n) is 8.10. The largest absolute Gasteiger partial charge is 0.367 e. The van der Waals surface area contributed by atoms with E-state index in [-0.39, 0.29) is 0 Å². The molecule has 0 fully saturated rings. The molecule has 0 unspecified atom stereocenters. The Kier molecular flexibility index (Phi) is 5.56. The molecule has 1 rings (SSSR count). The first-order valence-corrected chi connectivity index (χ1v) is 5.93. The fraction of sp³-hybridized carbons (Fsp3) is 0.300. The molecule has 0 aromatic heterocycles. The highest BCUT2D eigenvalue weighted by molar-refractivity contribution is 7.98. The maximum atomic E-state index is 4.23. The van der Waals surface area contributed by atoms with Crippen LogP contribution >= 0.6 is 24.4 Å². The van der Waals surface area contributed by atoms with Crippen molar-refractivity contribution in [2.24, 2.45) is 4.99 Å². The van der Waals surface area contributed by atoms with Gasteiger partial charge in [0.2, 0.25) is 0 Å². The summed E-state index contributed by atoms with van der Waals surface area (Å²) in [6, 6.07) is 8.23. The van der Waals surface area contributed by atoms with Crippen LogP contribution in [0.2, 0.25) is 0 Å². The Labute approximate surface area is 94.6 Å². The van der Waals surface area contributed by atoms with Crippen molar-refractivity contribution in [1.82, 2.24) is 5.32 Å². The predicted octanol–water partition coefficient (Wildman–Crippen LogP) is 2.41. The smallest absolute Gasteiger partial charge is 0.0826 e. The number of hydrogen-bond donors (Lipinski definition) is 2. The zero-order chi connectivity index (χ0) is 10.2. The molecular formula is C10H14N2S2. The maximum Gasteiger partial charge on any atom is 0.0826 e. The topological polar surface area (TPSA) is 24.4 Å². The average Bonchev–Trinajstić information content (AvgIpc) is 2.21. The minimum atomic E-state index is 0.889. The van der Waals surface area contributed by atoms with Crippen molar-refractivity contribution in [3.8, 4) is 0 Å². The summed E-state index contributed by atoms with van der Waals surface area (Å²) in [6.07, 6.45) is 1.71. The van der Waals surface area contributed by atoms with Crippen LogP contribution in [0.1, 0.15) is 5.56 Å². The first kappa shape index (κ1) is 11.5. The van der Waals surface area contributed by atoms with E-state index in [1.807, 2.05) is 23.9 Å². The SMILES string of the molecule is CN=CNCSCc1ccc(S)cc1. The minimum absolute atomic E-state index is 0.889. The summed E-state index contributed by atoms with van der Waals surface area (Å²) in [5.74, 6) is 1.90.